The summed E-state index contributed by atoms with van der Waals surface area (Å²) in [5.41, 5.74) is 3.07. The second kappa shape index (κ2) is 5.25. The summed E-state index contributed by atoms with van der Waals surface area (Å²) in [5.74, 6) is -0.246. The fourth-order valence-electron chi connectivity index (χ4n) is 1.40. The molecule has 0 atom stereocenters. The Bertz CT molecular complexity index is 380. The Balaban J connectivity index is 1.97. The van der Waals surface area contributed by atoms with Gasteiger partial charge >= 0.3 is 0 Å². The number of rotatable bonds is 2. The molecule has 1 saturated heterocycles. The van der Waals surface area contributed by atoms with Crippen molar-refractivity contribution in [2.75, 3.05) is 26.3 Å². The average molecular weight is 242 g/mol. The van der Waals surface area contributed by atoms with Crippen LogP contribution in [-0.4, -0.2) is 42.2 Å². The minimum atomic E-state index is -0.246. The summed E-state index contributed by atoms with van der Waals surface area (Å²) in [4.78, 5) is 15.7. The van der Waals surface area contributed by atoms with Crippen LogP contribution in [0.2, 0.25) is 5.02 Å². The number of ether oxygens (including phenoxy) is 1. The number of nitrogens with zero attached hydrogens (tertiary/aromatic N) is 2. The van der Waals surface area contributed by atoms with Gasteiger partial charge in [-0.25, -0.2) is 5.01 Å². The molecule has 5 nitrogen and oxygen atoms in total. The third kappa shape index (κ3) is 2.91. The van der Waals surface area contributed by atoms with Crippen molar-refractivity contribution in [3.63, 3.8) is 0 Å². The smallest absolute Gasteiger partial charge is 0.284 e. The van der Waals surface area contributed by atoms with Crippen molar-refractivity contribution in [1.82, 2.24) is 15.4 Å². The Hall–Kier alpha value is -1.17. The van der Waals surface area contributed by atoms with E-state index in [1.54, 1.807) is 6.07 Å². The summed E-state index contributed by atoms with van der Waals surface area (Å²) < 4.78 is 5.18. The number of hydrogen-bond donors (Lipinski definition) is 1. The molecule has 0 bridgehead atoms. The zero-order valence-electron chi connectivity index (χ0n) is 8.65. The molecule has 86 valence electrons. The fourth-order valence-corrected chi connectivity index (χ4v) is 1.56. The van der Waals surface area contributed by atoms with Crippen molar-refractivity contribution >= 4 is 17.5 Å². The van der Waals surface area contributed by atoms with Crippen LogP contribution in [0.5, 0.6) is 0 Å². The Kier molecular flexibility index (Phi) is 3.71. The Labute approximate surface area is 98.3 Å². The molecule has 0 unspecified atom stereocenters. The first-order valence-electron chi connectivity index (χ1n) is 5.01. The SMILES string of the molecule is O=C(NN1CCOCC1)c1cc(Cl)ccn1. The standard InChI is InChI=1S/C10H12ClN3O2/c11-8-1-2-12-9(7-8)10(15)13-14-3-5-16-6-4-14/h1-2,7H,3-6H2,(H,13,15). The van der Waals surface area contributed by atoms with E-state index in [1.807, 2.05) is 5.01 Å². The number of halogens is 1. The number of carbonyl (C=O) groups excluding carboxylic acids is 1. The first-order chi connectivity index (χ1) is 7.75. The summed E-state index contributed by atoms with van der Waals surface area (Å²) >= 11 is 5.78. The van der Waals surface area contributed by atoms with E-state index in [-0.39, 0.29) is 5.91 Å². The van der Waals surface area contributed by atoms with E-state index in [4.69, 9.17) is 16.3 Å². The van der Waals surface area contributed by atoms with Crippen molar-refractivity contribution in [2.45, 2.75) is 0 Å². The van der Waals surface area contributed by atoms with Gasteiger partial charge in [-0.1, -0.05) is 11.6 Å². The van der Waals surface area contributed by atoms with Gasteiger partial charge in [-0.05, 0) is 12.1 Å². The van der Waals surface area contributed by atoms with Crippen LogP contribution in [0, 0.1) is 0 Å². The van der Waals surface area contributed by atoms with E-state index in [0.29, 0.717) is 37.0 Å². The molecule has 1 aromatic rings. The Morgan fingerprint density at radius 1 is 1.50 bits per heavy atom. The molecule has 0 saturated carbocycles. The maximum Gasteiger partial charge on any atom is 0.284 e. The Morgan fingerprint density at radius 2 is 2.25 bits per heavy atom. The first-order valence-corrected chi connectivity index (χ1v) is 5.39. The second-order valence-electron chi connectivity index (χ2n) is 3.40. The minimum Gasteiger partial charge on any atom is -0.379 e. The van der Waals surface area contributed by atoms with Crippen LogP contribution < -0.4 is 5.43 Å². The predicted molar refractivity (Wildman–Crippen MR) is 59.1 cm³/mol. The van der Waals surface area contributed by atoms with Crippen molar-refractivity contribution in [3.05, 3.63) is 29.0 Å². The highest BCUT2D eigenvalue weighted by Crippen LogP contribution is 2.08. The number of aromatic nitrogens is 1. The molecule has 1 N–H and O–H groups in total. The summed E-state index contributed by atoms with van der Waals surface area (Å²) in [6.07, 6.45) is 1.51. The van der Waals surface area contributed by atoms with E-state index in [0.717, 1.165) is 0 Å². The second-order valence-corrected chi connectivity index (χ2v) is 3.84. The van der Waals surface area contributed by atoms with E-state index in [2.05, 4.69) is 10.4 Å². The lowest BCUT2D eigenvalue weighted by atomic mass is 10.3. The van der Waals surface area contributed by atoms with E-state index < -0.39 is 0 Å². The summed E-state index contributed by atoms with van der Waals surface area (Å²) in [5, 5.41) is 2.32. The molecule has 0 radical (unpaired) electrons. The first kappa shape index (κ1) is 11.3. The van der Waals surface area contributed by atoms with Crippen molar-refractivity contribution in [1.29, 1.82) is 0 Å². The largest absolute Gasteiger partial charge is 0.379 e. The molecule has 6 heteroatoms. The number of hydrazine groups is 1. The predicted octanol–water partition coefficient (Wildman–Crippen LogP) is 0.712. The number of pyridine rings is 1. The lowest BCUT2D eigenvalue weighted by Crippen LogP contribution is -2.48. The molecule has 2 rings (SSSR count). The van der Waals surface area contributed by atoms with Gasteiger partial charge in [-0.2, -0.15) is 0 Å². The molecule has 1 aliphatic rings. The highest BCUT2D eigenvalue weighted by molar-refractivity contribution is 6.30. The molecule has 1 amide bonds. The molecule has 1 aliphatic heterocycles. The molecular weight excluding hydrogens is 230 g/mol. The molecule has 16 heavy (non-hydrogen) atoms. The maximum absolute atomic E-state index is 11.8. The number of morpholine rings is 1. The zero-order chi connectivity index (χ0) is 11.4. The van der Waals surface area contributed by atoms with Gasteiger partial charge in [-0.3, -0.25) is 15.2 Å². The highest BCUT2D eigenvalue weighted by atomic mass is 35.5. The maximum atomic E-state index is 11.8. The third-order valence-electron chi connectivity index (χ3n) is 2.23. The van der Waals surface area contributed by atoms with Crippen LogP contribution in [0.15, 0.2) is 18.3 Å². The summed E-state index contributed by atoms with van der Waals surface area (Å²) in [7, 11) is 0. The molecule has 0 aromatic carbocycles. The summed E-state index contributed by atoms with van der Waals surface area (Å²) in [6, 6.07) is 3.17. The zero-order valence-corrected chi connectivity index (χ0v) is 9.41. The van der Waals surface area contributed by atoms with E-state index in [1.165, 1.54) is 12.3 Å². The van der Waals surface area contributed by atoms with Crippen molar-refractivity contribution in [3.8, 4) is 0 Å². The fraction of sp³-hybridized carbons (Fsp3) is 0.400. The Morgan fingerprint density at radius 3 is 2.94 bits per heavy atom. The molecule has 1 fully saturated rings. The van der Waals surface area contributed by atoms with Crippen LogP contribution in [0.4, 0.5) is 0 Å². The molecule has 0 spiro atoms. The van der Waals surface area contributed by atoms with Gasteiger partial charge in [0.2, 0.25) is 0 Å². The third-order valence-corrected chi connectivity index (χ3v) is 2.46. The van der Waals surface area contributed by atoms with Gasteiger partial charge in [-0.15, -0.1) is 0 Å². The normalized spacial score (nSPS) is 17.1. The van der Waals surface area contributed by atoms with Gasteiger partial charge < -0.3 is 4.74 Å². The van der Waals surface area contributed by atoms with Crippen LogP contribution in [-0.2, 0) is 4.74 Å². The number of nitrogens with one attached hydrogen (secondary N) is 1. The van der Waals surface area contributed by atoms with Gasteiger partial charge in [0.15, 0.2) is 0 Å². The molecule has 1 aromatic heterocycles. The topological polar surface area (TPSA) is 54.5 Å². The van der Waals surface area contributed by atoms with Crippen molar-refractivity contribution < 1.29 is 9.53 Å². The molecule has 0 aliphatic carbocycles. The van der Waals surface area contributed by atoms with E-state index in [9.17, 15) is 4.79 Å². The van der Waals surface area contributed by atoms with Gasteiger partial charge in [0, 0.05) is 24.3 Å². The van der Waals surface area contributed by atoms with Gasteiger partial charge in [0.25, 0.3) is 5.91 Å². The number of carbonyl (C=O) groups is 1. The number of hydrogen-bond acceptors (Lipinski definition) is 4. The molecular formula is C10H12ClN3O2. The number of amides is 1. The lowest BCUT2D eigenvalue weighted by Gasteiger charge is -2.26. The molecule has 2 heterocycles. The van der Waals surface area contributed by atoms with Gasteiger partial charge in [0.05, 0.1) is 13.2 Å². The monoisotopic (exact) mass is 241 g/mol. The van der Waals surface area contributed by atoms with Crippen LogP contribution in [0.1, 0.15) is 10.5 Å². The highest BCUT2D eigenvalue weighted by Gasteiger charge is 2.15. The average Bonchev–Trinajstić information content (AvgIpc) is 2.30. The summed E-state index contributed by atoms with van der Waals surface area (Å²) in [6.45, 7) is 2.63. The van der Waals surface area contributed by atoms with Gasteiger partial charge in [0.1, 0.15) is 5.69 Å². The van der Waals surface area contributed by atoms with Crippen LogP contribution in [0.3, 0.4) is 0 Å². The van der Waals surface area contributed by atoms with E-state index >= 15 is 0 Å². The lowest BCUT2D eigenvalue weighted by molar-refractivity contribution is 0.0124. The minimum absolute atomic E-state index is 0.246. The van der Waals surface area contributed by atoms with Crippen LogP contribution >= 0.6 is 11.6 Å². The quantitative estimate of drug-likeness (QED) is 0.829. The van der Waals surface area contributed by atoms with Crippen LogP contribution in [0.25, 0.3) is 0 Å². The van der Waals surface area contributed by atoms with Crippen molar-refractivity contribution in [2.24, 2.45) is 0 Å².